The first-order chi connectivity index (χ1) is 11.7. The zero-order valence-electron chi connectivity index (χ0n) is 16.1. The van der Waals surface area contributed by atoms with Crippen molar-refractivity contribution >= 4 is 12.2 Å². The van der Waals surface area contributed by atoms with Crippen LogP contribution < -0.4 is 4.74 Å². The number of hydrogen-bond donors (Lipinski definition) is 0. The summed E-state index contributed by atoms with van der Waals surface area (Å²) in [5, 5.41) is 0. The van der Waals surface area contributed by atoms with Gasteiger partial charge in [-0.15, -0.1) is 0 Å². The molecule has 0 atom stereocenters. The maximum atomic E-state index is 12.3. The van der Waals surface area contributed by atoms with Crippen LogP contribution in [0, 0.1) is 0 Å². The SMILES string of the molecule is C=Cc1cc(OCCN(C)C)cc2c1CN(C(=O)OC(C)(C)C)CC2. The Kier molecular flexibility index (Phi) is 6.11. The molecule has 5 nitrogen and oxygen atoms in total. The molecule has 1 aromatic carbocycles. The monoisotopic (exact) mass is 346 g/mol. The molecule has 2 rings (SSSR count). The van der Waals surface area contributed by atoms with Gasteiger partial charge < -0.3 is 19.3 Å². The summed E-state index contributed by atoms with van der Waals surface area (Å²) in [7, 11) is 4.05. The third kappa shape index (κ3) is 5.49. The highest BCUT2D eigenvalue weighted by Gasteiger charge is 2.27. The second-order valence-corrected chi connectivity index (χ2v) is 7.66. The van der Waals surface area contributed by atoms with E-state index < -0.39 is 5.60 Å². The summed E-state index contributed by atoms with van der Waals surface area (Å²) in [4.78, 5) is 16.2. The highest BCUT2D eigenvalue weighted by atomic mass is 16.6. The molecule has 0 saturated carbocycles. The van der Waals surface area contributed by atoms with Gasteiger partial charge in [-0.2, -0.15) is 0 Å². The van der Waals surface area contributed by atoms with E-state index in [0.717, 1.165) is 29.8 Å². The van der Waals surface area contributed by atoms with Crippen LogP contribution in [0.25, 0.3) is 6.08 Å². The molecule has 25 heavy (non-hydrogen) atoms. The first-order valence-electron chi connectivity index (χ1n) is 8.73. The normalized spacial score (nSPS) is 14.2. The van der Waals surface area contributed by atoms with Crippen LogP contribution in [0.15, 0.2) is 18.7 Å². The molecule has 1 amide bonds. The highest BCUT2D eigenvalue weighted by Crippen LogP contribution is 2.29. The van der Waals surface area contributed by atoms with Crippen LogP contribution in [0.4, 0.5) is 4.79 Å². The molecule has 5 heteroatoms. The summed E-state index contributed by atoms with van der Waals surface area (Å²) in [5.41, 5.74) is 2.89. The molecule has 0 spiro atoms. The molecular weight excluding hydrogens is 316 g/mol. The summed E-state index contributed by atoms with van der Waals surface area (Å²) >= 11 is 0. The van der Waals surface area contributed by atoms with E-state index in [0.29, 0.717) is 19.7 Å². The van der Waals surface area contributed by atoms with Crippen LogP contribution in [0.5, 0.6) is 5.75 Å². The first kappa shape index (κ1) is 19.3. The lowest BCUT2D eigenvalue weighted by molar-refractivity contribution is 0.0224. The number of amides is 1. The van der Waals surface area contributed by atoms with Gasteiger partial charge in [0.2, 0.25) is 0 Å². The van der Waals surface area contributed by atoms with E-state index in [-0.39, 0.29) is 6.09 Å². The van der Waals surface area contributed by atoms with Crippen molar-refractivity contribution in [3.63, 3.8) is 0 Å². The van der Waals surface area contributed by atoms with Gasteiger partial charge in [0, 0.05) is 19.6 Å². The summed E-state index contributed by atoms with van der Waals surface area (Å²) in [6.07, 6.45) is 2.36. The van der Waals surface area contributed by atoms with E-state index in [1.54, 1.807) is 4.90 Å². The van der Waals surface area contributed by atoms with Crippen molar-refractivity contribution in [2.75, 3.05) is 33.8 Å². The van der Waals surface area contributed by atoms with Gasteiger partial charge in [-0.25, -0.2) is 4.79 Å². The fourth-order valence-electron chi connectivity index (χ4n) is 2.76. The Morgan fingerprint density at radius 1 is 1.36 bits per heavy atom. The van der Waals surface area contributed by atoms with E-state index in [1.165, 1.54) is 5.56 Å². The van der Waals surface area contributed by atoms with E-state index in [4.69, 9.17) is 9.47 Å². The predicted molar refractivity (Wildman–Crippen MR) is 101 cm³/mol. The van der Waals surface area contributed by atoms with E-state index in [1.807, 2.05) is 47.0 Å². The molecule has 0 saturated heterocycles. The molecule has 0 bridgehead atoms. The molecule has 1 aromatic rings. The van der Waals surface area contributed by atoms with Crippen LogP contribution in [0.2, 0.25) is 0 Å². The summed E-state index contributed by atoms with van der Waals surface area (Å²) in [5.74, 6) is 0.862. The van der Waals surface area contributed by atoms with Gasteiger partial charge in [0.25, 0.3) is 0 Å². The van der Waals surface area contributed by atoms with Gasteiger partial charge in [-0.05, 0) is 70.1 Å². The van der Waals surface area contributed by atoms with Crippen LogP contribution >= 0.6 is 0 Å². The number of carbonyl (C=O) groups excluding carboxylic acids is 1. The molecule has 138 valence electrons. The molecule has 1 aliphatic heterocycles. The Bertz CT molecular complexity index is 633. The van der Waals surface area contributed by atoms with Crippen LogP contribution in [-0.4, -0.2) is 55.3 Å². The number of ether oxygens (including phenoxy) is 2. The zero-order chi connectivity index (χ0) is 18.6. The predicted octanol–water partition coefficient (Wildman–Crippen LogP) is 3.56. The Labute approximate surface area is 151 Å². The number of likely N-dealkylation sites (N-methyl/N-ethyl adjacent to an activating group) is 1. The van der Waals surface area contributed by atoms with Crippen molar-refractivity contribution in [1.82, 2.24) is 9.80 Å². The van der Waals surface area contributed by atoms with Gasteiger partial charge in [-0.1, -0.05) is 12.7 Å². The van der Waals surface area contributed by atoms with Crippen molar-refractivity contribution in [3.8, 4) is 5.75 Å². The standard InChI is InChI=1S/C20H30N2O3/c1-7-15-12-17(24-11-10-21(5)6)13-16-8-9-22(14-18(15)16)19(23)25-20(2,3)4/h7,12-13H,1,8-11,14H2,2-6H3. The number of hydrogen-bond acceptors (Lipinski definition) is 4. The highest BCUT2D eigenvalue weighted by molar-refractivity contribution is 5.69. The van der Waals surface area contributed by atoms with Crippen LogP contribution in [0.3, 0.4) is 0 Å². The number of nitrogens with zero attached hydrogens (tertiary/aromatic N) is 2. The average Bonchev–Trinajstić information content (AvgIpc) is 2.51. The van der Waals surface area contributed by atoms with Gasteiger partial charge >= 0.3 is 6.09 Å². The molecule has 0 fully saturated rings. The van der Waals surface area contributed by atoms with Crippen molar-refractivity contribution in [2.45, 2.75) is 39.3 Å². The molecule has 0 radical (unpaired) electrons. The summed E-state index contributed by atoms with van der Waals surface area (Å²) in [6.45, 7) is 12.3. The zero-order valence-corrected chi connectivity index (χ0v) is 16.1. The fourth-order valence-corrected chi connectivity index (χ4v) is 2.76. The number of benzene rings is 1. The van der Waals surface area contributed by atoms with E-state index in [9.17, 15) is 4.79 Å². The molecule has 0 unspecified atom stereocenters. The molecule has 1 aliphatic rings. The third-order valence-corrected chi connectivity index (χ3v) is 4.03. The average molecular weight is 346 g/mol. The maximum Gasteiger partial charge on any atom is 0.410 e. The Balaban J connectivity index is 2.13. The minimum Gasteiger partial charge on any atom is -0.492 e. The number of carbonyl (C=O) groups is 1. The van der Waals surface area contributed by atoms with Gasteiger partial charge in [-0.3, -0.25) is 0 Å². The lowest BCUT2D eigenvalue weighted by Crippen LogP contribution is -2.40. The fraction of sp³-hybridized carbons (Fsp3) is 0.550. The topological polar surface area (TPSA) is 42.0 Å². The molecular formula is C20H30N2O3. The van der Waals surface area contributed by atoms with Crippen molar-refractivity contribution < 1.29 is 14.3 Å². The van der Waals surface area contributed by atoms with Gasteiger partial charge in [0.15, 0.2) is 0 Å². The molecule has 0 aliphatic carbocycles. The second kappa shape index (κ2) is 7.91. The van der Waals surface area contributed by atoms with E-state index in [2.05, 4.69) is 17.5 Å². The van der Waals surface area contributed by atoms with Crippen LogP contribution in [-0.2, 0) is 17.7 Å². The smallest absolute Gasteiger partial charge is 0.410 e. The molecule has 0 aromatic heterocycles. The molecule has 0 N–H and O–H groups in total. The van der Waals surface area contributed by atoms with Gasteiger partial charge in [0.1, 0.15) is 18.0 Å². The minimum absolute atomic E-state index is 0.264. The Hall–Kier alpha value is -2.01. The van der Waals surface area contributed by atoms with E-state index >= 15 is 0 Å². The van der Waals surface area contributed by atoms with Crippen molar-refractivity contribution in [1.29, 1.82) is 0 Å². The second-order valence-electron chi connectivity index (χ2n) is 7.66. The summed E-state index contributed by atoms with van der Waals surface area (Å²) in [6, 6.07) is 4.09. The first-order valence-corrected chi connectivity index (χ1v) is 8.73. The van der Waals surface area contributed by atoms with Crippen molar-refractivity contribution in [2.24, 2.45) is 0 Å². The minimum atomic E-state index is -0.483. The lowest BCUT2D eigenvalue weighted by atomic mass is 9.94. The van der Waals surface area contributed by atoms with Crippen LogP contribution in [0.1, 0.15) is 37.5 Å². The quantitative estimate of drug-likeness (QED) is 0.817. The Morgan fingerprint density at radius 3 is 2.68 bits per heavy atom. The Morgan fingerprint density at radius 2 is 2.08 bits per heavy atom. The largest absolute Gasteiger partial charge is 0.492 e. The summed E-state index contributed by atoms with van der Waals surface area (Å²) < 4.78 is 11.4. The molecule has 1 heterocycles. The third-order valence-electron chi connectivity index (χ3n) is 4.03. The maximum absolute atomic E-state index is 12.3. The van der Waals surface area contributed by atoms with Gasteiger partial charge in [0.05, 0.1) is 0 Å². The number of rotatable bonds is 5. The lowest BCUT2D eigenvalue weighted by Gasteiger charge is -2.32. The number of fused-ring (bicyclic) bond motifs is 1. The van der Waals surface area contributed by atoms with Crippen molar-refractivity contribution in [3.05, 3.63) is 35.4 Å².